The van der Waals surface area contributed by atoms with Crippen LogP contribution in [0.15, 0.2) is 17.4 Å². The molecule has 0 unspecified atom stereocenters. The zero-order valence-corrected chi connectivity index (χ0v) is 13.0. The van der Waals surface area contributed by atoms with Crippen LogP contribution in [0.4, 0.5) is 4.79 Å². The summed E-state index contributed by atoms with van der Waals surface area (Å²) < 4.78 is 11.2. The number of nitrogens with zero attached hydrogens (tertiary/aromatic N) is 3. The lowest BCUT2D eigenvalue weighted by Crippen LogP contribution is -2.61. The lowest BCUT2D eigenvalue weighted by molar-refractivity contribution is -0.137. The number of hydrogen-bond acceptors (Lipinski definition) is 6. The Balaban J connectivity index is 1.70. The number of fused-ring (bicyclic) bond motifs is 2. The van der Waals surface area contributed by atoms with Gasteiger partial charge in [0.15, 0.2) is 0 Å². The van der Waals surface area contributed by atoms with E-state index in [1.165, 1.54) is 0 Å². The number of nitroso groups, excluding NO2 is 1. The summed E-state index contributed by atoms with van der Waals surface area (Å²) in [5.74, 6) is 0. The van der Waals surface area contributed by atoms with E-state index in [1.807, 2.05) is 26.8 Å². The predicted octanol–water partition coefficient (Wildman–Crippen LogP) is 2.32. The van der Waals surface area contributed by atoms with Crippen LogP contribution in [-0.2, 0) is 28.2 Å². The van der Waals surface area contributed by atoms with Crippen molar-refractivity contribution in [1.82, 2.24) is 9.88 Å². The van der Waals surface area contributed by atoms with E-state index >= 15 is 0 Å². The Kier molecular flexibility index (Phi) is 3.40. The summed E-state index contributed by atoms with van der Waals surface area (Å²) in [6.07, 6.45) is 1.40. The van der Waals surface area contributed by atoms with Crippen molar-refractivity contribution in [3.05, 3.63) is 34.0 Å². The molecule has 0 saturated carbocycles. The summed E-state index contributed by atoms with van der Waals surface area (Å²) in [7, 11) is 0. The van der Waals surface area contributed by atoms with Crippen LogP contribution in [0.2, 0.25) is 0 Å². The second kappa shape index (κ2) is 5.01. The van der Waals surface area contributed by atoms with E-state index in [0.717, 1.165) is 11.1 Å². The number of amides is 1. The molecule has 1 fully saturated rings. The summed E-state index contributed by atoms with van der Waals surface area (Å²) in [6.45, 7) is 6.97. The molecule has 1 aromatic rings. The number of pyridine rings is 1. The molecule has 1 spiro atoms. The van der Waals surface area contributed by atoms with E-state index < -0.39 is 11.2 Å². The smallest absolute Gasteiger partial charge is 0.410 e. The van der Waals surface area contributed by atoms with Gasteiger partial charge >= 0.3 is 6.09 Å². The number of carbonyl (C=O) groups excluding carboxylic acids is 1. The maximum atomic E-state index is 12.0. The Morgan fingerprint density at radius 1 is 1.50 bits per heavy atom. The quantitative estimate of drug-likeness (QED) is 0.783. The van der Waals surface area contributed by atoms with E-state index in [4.69, 9.17) is 9.47 Å². The first-order valence-electron chi connectivity index (χ1n) is 7.22. The van der Waals surface area contributed by atoms with Gasteiger partial charge in [-0.05, 0) is 32.4 Å². The summed E-state index contributed by atoms with van der Waals surface area (Å²) in [5, 5.41) is 2.85. The highest BCUT2D eigenvalue weighted by Crippen LogP contribution is 2.43. The molecular formula is C15H19N3O4. The maximum absolute atomic E-state index is 12.0. The van der Waals surface area contributed by atoms with Crippen molar-refractivity contribution in [2.45, 2.75) is 45.1 Å². The largest absolute Gasteiger partial charge is 0.444 e. The second-order valence-corrected chi connectivity index (χ2v) is 6.74. The minimum absolute atomic E-state index is 0.0598. The summed E-state index contributed by atoms with van der Waals surface area (Å²) >= 11 is 0. The van der Waals surface area contributed by atoms with E-state index in [1.54, 1.807) is 11.1 Å². The van der Waals surface area contributed by atoms with Gasteiger partial charge in [0.1, 0.15) is 17.7 Å². The molecular weight excluding hydrogens is 286 g/mol. The standard InChI is InChI=1S/C15H19N3O4/c1-14(2,3)22-13(19)18-8-15(9-18)12-6-16-11(5-17-20)4-10(12)7-21-15/h4,6H,5,7-9H2,1-3H3. The van der Waals surface area contributed by atoms with E-state index in [2.05, 4.69) is 10.2 Å². The highest BCUT2D eigenvalue weighted by molar-refractivity contribution is 5.70. The third-order valence-corrected chi connectivity index (χ3v) is 3.81. The normalized spacial score (nSPS) is 18.8. The van der Waals surface area contributed by atoms with E-state index in [9.17, 15) is 9.70 Å². The van der Waals surface area contributed by atoms with Crippen LogP contribution < -0.4 is 0 Å². The highest BCUT2D eigenvalue weighted by Gasteiger charge is 2.52. The van der Waals surface area contributed by atoms with Crippen LogP contribution in [0.25, 0.3) is 0 Å². The molecule has 3 rings (SSSR count). The Morgan fingerprint density at radius 2 is 2.23 bits per heavy atom. The Morgan fingerprint density at radius 3 is 2.86 bits per heavy atom. The van der Waals surface area contributed by atoms with Crippen molar-refractivity contribution in [3.63, 3.8) is 0 Å². The first kappa shape index (κ1) is 14.9. The molecule has 2 aliphatic rings. The van der Waals surface area contributed by atoms with Gasteiger partial charge in [0.05, 0.1) is 25.4 Å². The third kappa shape index (κ3) is 2.56. The molecule has 0 aromatic carbocycles. The number of rotatable bonds is 2. The van der Waals surface area contributed by atoms with Gasteiger partial charge in [0.25, 0.3) is 0 Å². The van der Waals surface area contributed by atoms with E-state index in [-0.39, 0.29) is 12.6 Å². The molecule has 0 atom stereocenters. The number of aromatic nitrogens is 1. The van der Waals surface area contributed by atoms with Gasteiger partial charge in [-0.1, -0.05) is 5.18 Å². The lowest BCUT2D eigenvalue weighted by atomic mass is 9.86. The molecule has 1 amide bonds. The van der Waals surface area contributed by atoms with Crippen LogP contribution in [0.3, 0.4) is 0 Å². The molecule has 0 N–H and O–H groups in total. The van der Waals surface area contributed by atoms with Gasteiger partial charge in [-0.3, -0.25) is 4.98 Å². The molecule has 0 radical (unpaired) electrons. The molecule has 3 heterocycles. The summed E-state index contributed by atoms with van der Waals surface area (Å²) in [5.41, 5.74) is 1.65. The fourth-order valence-electron chi connectivity index (χ4n) is 2.81. The minimum Gasteiger partial charge on any atom is -0.444 e. The van der Waals surface area contributed by atoms with Crippen molar-refractivity contribution in [2.24, 2.45) is 5.18 Å². The Labute approximate surface area is 128 Å². The average Bonchev–Trinajstić information content (AvgIpc) is 2.74. The topological polar surface area (TPSA) is 81.1 Å². The number of ether oxygens (including phenoxy) is 2. The van der Waals surface area contributed by atoms with Gasteiger partial charge in [-0.25, -0.2) is 4.79 Å². The van der Waals surface area contributed by atoms with Crippen LogP contribution >= 0.6 is 0 Å². The van der Waals surface area contributed by atoms with Crippen molar-refractivity contribution < 1.29 is 14.3 Å². The fourth-order valence-corrected chi connectivity index (χ4v) is 2.81. The predicted molar refractivity (Wildman–Crippen MR) is 78.0 cm³/mol. The van der Waals surface area contributed by atoms with Gasteiger partial charge in [-0.15, -0.1) is 0 Å². The Hall–Kier alpha value is -2.02. The molecule has 1 aromatic heterocycles. The zero-order chi connectivity index (χ0) is 16.0. The molecule has 118 valence electrons. The van der Waals surface area contributed by atoms with Gasteiger partial charge in [-0.2, -0.15) is 4.91 Å². The van der Waals surface area contributed by atoms with E-state index in [0.29, 0.717) is 25.4 Å². The zero-order valence-electron chi connectivity index (χ0n) is 13.0. The fraction of sp³-hybridized carbons (Fsp3) is 0.600. The SMILES string of the molecule is CC(C)(C)OC(=O)N1CC2(C1)OCc1cc(CN=O)ncc12. The highest BCUT2D eigenvalue weighted by atomic mass is 16.6. The van der Waals surface area contributed by atoms with Crippen LogP contribution in [0.5, 0.6) is 0 Å². The minimum atomic E-state index is -0.507. The molecule has 1 saturated heterocycles. The number of hydrogen-bond donors (Lipinski definition) is 0. The van der Waals surface area contributed by atoms with Gasteiger partial charge < -0.3 is 14.4 Å². The number of likely N-dealkylation sites (tertiary alicyclic amines) is 1. The first-order chi connectivity index (χ1) is 10.3. The van der Waals surface area contributed by atoms with Crippen molar-refractivity contribution in [2.75, 3.05) is 13.1 Å². The van der Waals surface area contributed by atoms with Gasteiger partial charge in [0, 0.05) is 11.8 Å². The molecule has 22 heavy (non-hydrogen) atoms. The molecule has 7 nitrogen and oxygen atoms in total. The maximum Gasteiger partial charge on any atom is 0.410 e. The first-order valence-corrected chi connectivity index (χ1v) is 7.22. The number of carbonyl (C=O) groups is 1. The molecule has 2 aliphatic heterocycles. The molecule has 7 heteroatoms. The second-order valence-electron chi connectivity index (χ2n) is 6.74. The monoisotopic (exact) mass is 305 g/mol. The Bertz CT molecular complexity index is 618. The van der Waals surface area contributed by atoms with Crippen molar-refractivity contribution >= 4 is 6.09 Å². The summed E-state index contributed by atoms with van der Waals surface area (Å²) in [6, 6.07) is 1.85. The van der Waals surface area contributed by atoms with Crippen molar-refractivity contribution in [1.29, 1.82) is 0 Å². The third-order valence-electron chi connectivity index (χ3n) is 3.81. The van der Waals surface area contributed by atoms with Gasteiger partial charge in [0.2, 0.25) is 0 Å². The van der Waals surface area contributed by atoms with Crippen LogP contribution in [0, 0.1) is 4.91 Å². The molecule has 0 bridgehead atoms. The average molecular weight is 305 g/mol. The molecule has 0 aliphatic carbocycles. The van der Waals surface area contributed by atoms with Crippen molar-refractivity contribution in [3.8, 4) is 0 Å². The lowest BCUT2D eigenvalue weighted by Gasteiger charge is -2.47. The van der Waals surface area contributed by atoms with Crippen LogP contribution in [-0.4, -0.2) is 34.7 Å². The van der Waals surface area contributed by atoms with Crippen LogP contribution in [0.1, 0.15) is 37.6 Å². The summed E-state index contributed by atoms with van der Waals surface area (Å²) in [4.78, 5) is 28.2.